The number of hydrogen-bond donors (Lipinski definition) is 0. The molecule has 0 bridgehead atoms. The molecule has 0 atom stereocenters. The number of para-hydroxylation sites is 2. The number of fused-ring (bicyclic) bond motifs is 2. The minimum Gasteiger partial charge on any atom is -0.336 e. The Balaban J connectivity index is 1.74. The second-order valence-electron chi connectivity index (χ2n) is 7.07. The van der Waals surface area contributed by atoms with Gasteiger partial charge < -0.3 is 4.90 Å². The molecular weight excluding hydrogens is 338 g/mol. The first-order chi connectivity index (χ1) is 13.9. The van der Waals surface area contributed by atoms with Crippen LogP contribution in [0.2, 0.25) is 0 Å². The topological polar surface area (TPSA) is 3.24 Å². The zero-order valence-electron chi connectivity index (χ0n) is 15.6. The average molecular weight is 359 g/mol. The summed E-state index contributed by atoms with van der Waals surface area (Å²) in [6.07, 6.45) is 2.33. The quantitative estimate of drug-likeness (QED) is 0.383. The van der Waals surface area contributed by atoms with Crippen molar-refractivity contribution in [2.24, 2.45) is 0 Å². The number of hydrogen-bond acceptors (Lipinski definition) is 1. The van der Waals surface area contributed by atoms with Gasteiger partial charge >= 0.3 is 0 Å². The fraction of sp³-hybridized carbons (Fsp3) is 0.0370. The largest absolute Gasteiger partial charge is 0.336 e. The lowest BCUT2D eigenvalue weighted by Gasteiger charge is -2.27. The Labute approximate surface area is 166 Å². The fourth-order valence-electron chi connectivity index (χ4n) is 3.95. The summed E-state index contributed by atoms with van der Waals surface area (Å²) in [7, 11) is 0. The first-order valence-electron chi connectivity index (χ1n) is 9.67. The predicted molar refractivity (Wildman–Crippen MR) is 119 cm³/mol. The van der Waals surface area contributed by atoms with E-state index in [-0.39, 0.29) is 0 Å². The van der Waals surface area contributed by atoms with Crippen LogP contribution in [0.15, 0.2) is 109 Å². The Hall–Kier alpha value is -3.58. The maximum Gasteiger partial charge on any atom is 0.0493 e. The summed E-state index contributed by atoms with van der Waals surface area (Å²) in [6.45, 7) is 0.838. The van der Waals surface area contributed by atoms with Crippen LogP contribution in [-0.4, -0.2) is 0 Å². The first-order valence-corrected chi connectivity index (χ1v) is 9.67. The van der Waals surface area contributed by atoms with Crippen molar-refractivity contribution in [2.75, 3.05) is 4.90 Å². The molecule has 1 heteroatoms. The SMILES string of the molecule is C1=C(c2ccccc2)c2ccccc2N(Cc2ccccc2)c2ccccc21. The van der Waals surface area contributed by atoms with Crippen molar-refractivity contribution in [2.45, 2.75) is 6.54 Å². The van der Waals surface area contributed by atoms with E-state index in [1.807, 2.05) is 0 Å². The van der Waals surface area contributed by atoms with E-state index in [1.54, 1.807) is 0 Å². The van der Waals surface area contributed by atoms with Crippen LogP contribution < -0.4 is 4.90 Å². The number of anilines is 2. The summed E-state index contributed by atoms with van der Waals surface area (Å²) in [4.78, 5) is 2.44. The Kier molecular flexibility index (Phi) is 4.27. The molecule has 134 valence electrons. The Morgan fingerprint density at radius 1 is 0.536 bits per heavy atom. The molecule has 0 radical (unpaired) electrons. The second kappa shape index (κ2) is 7.21. The zero-order chi connectivity index (χ0) is 18.8. The van der Waals surface area contributed by atoms with E-state index in [4.69, 9.17) is 0 Å². The highest BCUT2D eigenvalue weighted by Gasteiger charge is 2.22. The van der Waals surface area contributed by atoms with E-state index in [2.05, 4.69) is 120 Å². The molecule has 0 N–H and O–H groups in total. The molecular formula is C27H21N. The van der Waals surface area contributed by atoms with Crippen LogP contribution in [0.1, 0.15) is 22.3 Å². The van der Waals surface area contributed by atoms with Gasteiger partial charge in [-0.25, -0.2) is 0 Å². The molecule has 0 aliphatic carbocycles. The average Bonchev–Trinajstić information content (AvgIpc) is 2.91. The molecule has 0 aromatic heterocycles. The molecule has 0 unspecified atom stereocenters. The maximum absolute atomic E-state index is 2.44. The van der Waals surface area contributed by atoms with Crippen LogP contribution in [-0.2, 0) is 6.54 Å². The molecule has 0 spiro atoms. The van der Waals surface area contributed by atoms with Gasteiger partial charge in [0.15, 0.2) is 0 Å². The van der Waals surface area contributed by atoms with Gasteiger partial charge in [-0.2, -0.15) is 0 Å². The molecule has 1 aliphatic rings. The van der Waals surface area contributed by atoms with E-state index in [9.17, 15) is 0 Å². The third-order valence-corrected chi connectivity index (χ3v) is 5.28. The third kappa shape index (κ3) is 3.01. The molecule has 4 aromatic carbocycles. The third-order valence-electron chi connectivity index (χ3n) is 5.28. The minimum absolute atomic E-state index is 0.838. The van der Waals surface area contributed by atoms with E-state index < -0.39 is 0 Å². The van der Waals surface area contributed by atoms with Crippen molar-refractivity contribution < 1.29 is 0 Å². The summed E-state index contributed by atoms with van der Waals surface area (Å²) in [5.74, 6) is 0. The summed E-state index contributed by atoms with van der Waals surface area (Å²) >= 11 is 0. The van der Waals surface area contributed by atoms with Crippen LogP contribution in [0.3, 0.4) is 0 Å². The van der Waals surface area contributed by atoms with Crippen molar-refractivity contribution in [1.29, 1.82) is 0 Å². The highest BCUT2D eigenvalue weighted by atomic mass is 15.1. The highest BCUT2D eigenvalue weighted by molar-refractivity contribution is 6.00. The molecule has 5 rings (SSSR count). The van der Waals surface area contributed by atoms with Crippen molar-refractivity contribution >= 4 is 23.0 Å². The van der Waals surface area contributed by atoms with Crippen molar-refractivity contribution in [3.63, 3.8) is 0 Å². The van der Waals surface area contributed by atoms with E-state index in [0.717, 1.165) is 6.54 Å². The monoisotopic (exact) mass is 359 g/mol. The normalized spacial score (nSPS) is 12.6. The number of rotatable bonds is 3. The van der Waals surface area contributed by atoms with Gasteiger partial charge in [-0.05, 0) is 40.5 Å². The standard InChI is InChI=1S/C27H21N/c1-3-11-21(12-4-1)20-28-26-17-9-7-15-23(26)19-25(22-13-5-2-6-14-22)24-16-8-10-18-27(24)28/h1-19H,20H2. The van der Waals surface area contributed by atoms with Crippen molar-refractivity contribution in [3.8, 4) is 0 Å². The molecule has 0 fully saturated rings. The van der Waals surface area contributed by atoms with Crippen LogP contribution in [0.4, 0.5) is 11.4 Å². The van der Waals surface area contributed by atoms with Crippen LogP contribution in [0.5, 0.6) is 0 Å². The lowest BCUT2D eigenvalue weighted by Crippen LogP contribution is -2.17. The van der Waals surface area contributed by atoms with Crippen LogP contribution in [0, 0.1) is 0 Å². The summed E-state index contributed by atoms with van der Waals surface area (Å²) in [5, 5.41) is 0. The summed E-state index contributed by atoms with van der Waals surface area (Å²) in [5.41, 5.74) is 8.80. The summed E-state index contributed by atoms with van der Waals surface area (Å²) in [6, 6.07) is 38.8. The molecule has 28 heavy (non-hydrogen) atoms. The van der Waals surface area contributed by atoms with Gasteiger partial charge in [0, 0.05) is 23.5 Å². The van der Waals surface area contributed by atoms with Gasteiger partial charge in [-0.15, -0.1) is 0 Å². The van der Waals surface area contributed by atoms with Crippen LogP contribution >= 0.6 is 0 Å². The van der Waals surface area contributed by atoms with Gasteiger partial charge in [-0.3, -0.25) is 0 Å². The molecule has 1 aliphatic heterocycles. The smallest absolute Gasteiger partial charge is 0.0493 e. The van der Waals surface area contributed by atoms with E-state index in [1.165, 1.54) is 39.2 Å². The summed E-state index contributed by atoms with van der Waals surface area (Å²) < 4.78 is 0. The lowest BCUT2D eigenvalue weighted by atomic mass is 9.95. The van der Waals surface area contributed by atoms with Gasteiger partial charge in [0.05, 0.1) is 0 Å². The molecule has 0 saturated heterocycles. The molecule has 0 amide bonds. The van der Waals surface area contributed by atoms with E-state index in [0.29, 0.717) is 0 Å². The van der Waals surface area contributed by atoms with Gasteiger partial charge in [0.2, 0.25) is 0 Å². The lowest BCUT2D eigenvalue weighted by molar-refractivity contribution is 0.973. The fourth-order valence-corrected chi connectivity index (χ4v) is 3.95. The zero-order valence-corrected chi connectivity index (χ0v) is 15.6. The second-order valence-corrected chi connectivity index (χ2v) is 7.07. The minimum atomic E-state index is 0.838. The molecule has 1 heterocycles. The van der Waals surface area contributed by atoms with Crippen molar-refractivity contribution in [1.82, 2.24) is 0 Å². The van der Waals surface area contributed by atoms with Gasteiger partial charge in [0.1, 0.15) is 0 Å². The number of nitrogens with zero attached hydrogens (tertiary/aromatic N) is 1. The van der Waals surface area contributed by atoms with Gasteiger partial charge in [-0.1, -0.05) is 97.1 Å². The highest BCUT2D eigenvalue weighted by Crippen LogP contribution is 2.42. The predicted octanol–water partition coefficient (Wildman–Crippen LogP) is 6.93. The first kappa shape index (κ1) is 16.6. The van der Waals surface area contributed by atoms with Gasteiger partial charge in [0.25, 0.3) is 0 Å². The Morgan fingerprint density at radius 3 is 1.93 bits per heavy atom. The molecule has 4 aromatic rings. The van der Waals surface area contributed by atoms with E-state index >= 15 is 0 Å². The van der Waals surface area contributed by atoms with Crippen molar-refractivity contribution in [3.05, 3.63) is 131 Å². The molecule has 0 saturated carbocycles. The Morgan fingerprint density at radius 2 is 1.14 bits per heavy atom. The van der Waals surface area contributed by atoms with Crippen LogP contribution in [0.25, 0.3) is 11.6 Å². The molecule has 1 nitrogen and oxygen atoms in total. The number of benzene rings is 4. The maximum atomic E-state index is 2.44. The Bertz CT molecular complexity index is 1130.